The van der Waals surface area contributed by atoms with E-state index in [1.54, 1.807) is 0 Å². The van der Waals surface area contributed by atoms with Crippen molar-refractivity contribution in [3.8, 4) is 0 Å². The molecule has 0 aliphatic rings. The second-order valence-corrected chi connectivity index (χ2v) is 6.15. The molecule has 1 N–H and O–H groups in total. The topological polar surface area (TPSA) is 15.3 Å². The summed E-state index contributed by atoms with van der Waals surface area (Å²) in [5.74, 6) is 1.18. The van der Waals surface area contributed by atoms with Crippen molar-refractivity contribution in [1.82, 2.24) is 5.32 Å². The number of anilines is 1. The van der Waals surface area contributed by atoms with Gasteiger partial charge in [-0.1, -0.05) is 32.9 Å². The van der Waals surface area contributed by atoms with Crippen molar-refractivity contribution < 1.29 is 0 Å². The van der Waals surface area contributed by atoms with Crippen molar-refractivity contribution in [3.05, 3.63) is 29.8 Å². The fraction of sp³-hybridized carbons (Fsp3) is 0.647. The minimum absolute atomic E-state index is 0.479. The van der Waals surface area contributed by atoms with E-state index in [0.29, 0.717) is 12.1 Å². The summed E-state index contributed by atoms with van der Waals surface area (Å²) in [6, 6.07) is 10.2. The van der Waals surface area contributed by atoms with E-state index >= 15 is 0 Å². The maximum absolute atomic E-state index is 3.53. The minimum Gasteiger partial charge on any atom is -0.371 e. The normalized spacial score (nSPS) is 14.1. The maximum atomic E-state index is 3.53. The van der Waals surface area contributed by atoms with Crippen LogP contribution in [0.1, 0.15) is 45.2 Å². The van der Waals surface area contributed by atoms with Crippen LogP contribution in [0, 0.1) is 0 Å². The Morgan fingerprint density at radius 3 is 2.20 bits per heavy atom. The first-order valence-electron chi connectivity index (χ1n) is 7.72. The zero-order chi connectivity index (χ0) is 15.0. The molecule has 2 unspecified atom stereocenters. The quantitative estimate of drug-likeness (QED) is 0.730. The second-order valence-electron chi connectivity index (χ2n) is 5.24. The van der Waals surface area contributed by atoms with Crippen LogP contribution in [0.2, 0.25) is 0 Å². The van der Waals surface area contributed by atoms with Crippen molar-refractivity contribution >= 4 is 17.4 Å². The summed E-state index contributed by atoms with van der Waals surface area (Å²) in [5, 5.41) is 3.53. The van der Waals surface area contributed by atoms with Crippen LogP contribution in [0.5, 0.6) is 0 Å². The predicted molar refractivity (Wildman–Crippen MR) is 94.0 cm³/mol. The average Bonchev–Trinajstić information content (AvgIpc) is 2.50. The standard InChI is InChI=1S/C17H30N2S/c1-6-15(13-20-5)19(4)16-11-9-14(10-12-16)17(7-2)18-8-3/h9-12,15,17-18H,6-8,13H2,1-5H3. The summed E-state index contributed by atoms with van der Waals surface area (Å²) in [6.07, 6.45) is 4.50. The van der Waals surface area contributed by atoms with E-state index in [9.17, 15) is 0 Å². The van der Waals surface area contributed by atoms with Crippen LogP contribution >= 0.6 is 11.8 Å². The molecule has 20 heavy (non-hydrogen) atoms. The highest BCUT2D eigenvalue weighted by molar-refractivity contribution is 7.98. The van der Waals surface area contributed by atoms with Crippen molar-refractivity contribution in [2.45, 2.75) is 45.7 Å². The van der Waals surface area contributed by atoms with Crippen molar-refractivity contribution in [2.75, 3.05) is 30.5 Å². The summed E-state index contributed by atoms with van der Waals surface area (Å²) >= 11 is 1.92. The van der Waals surface area contributed by atoms with Crippen LogP contribution < -0.4 is 10.2 Å². The van der Waals surface area contributed by atoms with E-state index < -0.39 is 0 Å². The van der Waals surface area contributed by atoms with E-state index in [2.05, 4.69) is 68.6 Å². The third-order valence-corrected chi connectivity index (χ3v) is 4.66. The summed E-state index contributed by atoms with van der Waals surface area (Å²) in [5.41, 5.74) is 2.71. The molecule has 1 aromatic rings. The molecule has 0 aromatic heterocycles. The fourth-order valence-corrected chi connectivity index (χ4v) is 3.44. The molecule has 0 amide bonds. The molecule has 0 saturated heterocycles. The molecule has 2 nitrogen and oxygen atoms in total. The van der Waals surface area contributed by atoms with E-state index in [4.69, 9.17) is 0 Å². The van der Waals surface area contributed by atoms with Crippen LogP contribution in [-0.4, -0.2) is 31.6 Å². The van der Waals surface area contributed by atoms with Gasteiger partial charge in [0.2, 0.25) is 0 Å². The van der Waals surface area contributed by atoms with Gasteiger partial charge in [0.15, 0.2) is 0 Å². The molecule has 0 bridgehead atoms. The Morgan fingerprint density at radius 1 is 1.10 bits per heavy atom. The Kier molecular flexibility index (Phi) is 8.08. The van der Waals surface area contributed by atoms with Gasteiger partial charge in [0.05, 0.1) is 0 Å². The number of benzene rings is 1. The van der Waals surface area contributed by atoms with E-state index in [1.807, 2.05) is 11.8 Å². The van der Waals surface area contributed by atoms with Crippen LogP contribution in [-0.2, 0) is 0 Å². The van der Waals surface area contributed by atoms with Gasteiger partial charge in [-0.25, -0.2) is 0 Å². The molecule has 2 atom stereocenters. The monoisotopic (exact) mass is 294 g/mol. The average molecular weight is 295 g/mol. The lowest BCUT2D eigenvalue weighted by Gasteiger charge is -2.29. The summed E-state index contributed by atoms with van der Waals surface area (Å²) in [6.45, 7) is 7.69. The van der Waals surface area contributed by atoms with E-state index in [0.717, 1.165) is 13.0 Å². The van der Waals surface area contributed by atoms with Crippen molar-refractivity contribution in [2.24, 2.45) is 0 Å². The van der Waals surface area contributed by atoms with Gasteiger partial charge in [0.1, 0.15) is 0 Å². The minimum atomic E-state index is 0.479. The molecular weight excluding hydrogens is 264 g/mol. The highest BCUT2D eigenvalue weighted by Gasteiger charge is 2.13. The zero-order valence-corrected chi connectivity index (χ0v) is 14.5. The number of nitrogens with one attached hydrogen (secondary N) is 1. The first-order chi connectivity index (χ1) is 9.67. The van der Waals surface area contributed by atoms with Crippen LogP contribution in [0.15, 0.2) is 24.3 Å². The second kappa shape index (κ2) is 9.30. The number of hydrogen-bond acceptors (Lipinski definition) is 3. The van der Waals surface area contributed by atoms with Crippen molar-refractivity contribution in [1.29, 1.82) is 0 Å². The van der Waals surface area contributed by atoms with E-state index in [1.165, 1.54) is 23.4 Å². The number of thioether (sulfide) groups is 1. The van der Waals surface area contributed by atoms with Gasteiger partial charge in [-0.3, -0.25) is 0 Å². The third-order valence-electron chi connectivity index (χ3n) is 3.94. The Hall–Kier alpha value is -0.670. The molecule has 1 aromatic carbocycles. The van der Waals surface area contributed by atoms with Gasteiger partial charge >= 0.3 is 0 Å². The third kappa shape index (κ3) is 4.71. The molecule has 0 spiro atoms. The van der Waals surface area contributed by atoms with Gasteiger partial charge in [0.25, 0.3) is 0 Å². The van der Waals surface area contributed by atoms with Crippen LogP contribution in [0.3, 0.4) is 0 Å². The molecule has 0 aliphatic carbocycles. The summed E-state index contributed by atoms with van der Waals surface area (Å²) in [7, 11) is 2.21. The van der Waals surface area contributed by atoms with Gasteiger partial charge in [0, 0.05) is 30.6 Å². The number of hydrogen-bond donors (Lipinski definition) is 1. The highest BCUT2D eigenvalue weighted by atomic mass is 32.2. The van der Waals surface area contributed by atoms with Crippen LogP contribution in [0.25, 0.3) is 0 Å². The summed E-state index contributed by atoms with van der Waals surface area (Å²) in [4.78, 5) is 2.41. The van der Waals surface area contributed by atoms with Gasteiger partial charge in [-0.15, -0.1) is 0 Å². The molecule has 0 saturated carbocycles. The Morgan fingerprint density at radius 2 is 1.75 bits per heavy atom. The highest BCUT2D eigenvalue weighted by Crippen LogP contribution is 2.23. The lowest BCUT2D eigenvalue weighted by Crippen LogP contribution is -2.33. The molecule has 0 fully saturated rings. The number of nitrogens with zero attached hydrogens (tertiary/aromatic N) is 1. The first-order valence-corrected chi connectivity index (χ1v) is 9.12. The SMILES string of the molecule is CCNC(CC)c1ccc(N(C)C(CC)CSC)cc1. The molecule has 1 rings (SSSR count). The Labute approximate surface area is 129 Å². The Bertz CT molecular complexity index is 364. The molecule has 0 aliphatic heterocycles. The number of rotatable bonds is 9. The molecular formula is C17H30N2S. The van der Waals surface area contributed by atoms with Crippen molar-refractivity contribution in [3.63, 3.8) is 0 Å². The van der Waals surface area contributed by atoms with Gasteiger partial charge in [-0.2, -0.15) is 11.8 Å². The molecule has 0 radical (unpaired) electrons. The largest absolute Gasteiger partial charge is 0.371 e. The van der Waals surface area contributed by atoms with Gasteiger partial charge < -0.3 is 10.2 Å². The lowest BCUT2D eigenvalue weighted by atomic mass is 10.0. The Balaban J connectivity index is 2.78. The fourth-order valence-electron chi connectivity index (χ4n) is 2.59. The molecule has 3 heteroatoms. The smallest absolute Gasteiger partial charge is 0.0374 e. The molecule has 0 heterocycles. The lowest BCUT2D eigenvalue weighted by molar-refractivity contribution is 0.537. The first kappa shape index (κ1) is 17.4. The van der Waals surface area contributed by atoms with Crippen LogP contribution in [0.4, 0.5) is 5.69 Å². The summed E-state index contributed by atoms with van der Waals surface area (Å²) < 4.78 is 0. The van der Waals surface area contributed by atoms with Gasteiger partial charge in [-0.05, 0) is 43.3 Å². The maximum Gasteiger partial charge on any atom is 0.0374 e. The van der Waals surface area contributed by atoms with E-state index in [-0.39, 0.29) is 0 Å². The molecule has 114 valence electrons. The predicted octanol–water partition coefficient (Wildman–Crippen LogP) is 4.33. The zero-order valence-electron chi connectivity index (χ0n) is 13.6.